The molecule has 1 heterocycles. The molecule has 6 heteroatoms. The Morgan fingerprint density at radius 2 is 1.88 bits per heavy atom. The molecular formula is C18H20N4O2. The summed E-state index contributed by atoms with van der Waals surface area (Å²) in [6.45, 7) is 5.07. The molecule has 0 fully saturated rings. The van der Waals surface area contributed by atoms with Crippen LogP contribution in [0.1, 0.15) is 19.4 Å². The second-order valence-electron chi connectivity index (χ2n) is 5.04. The summed E-state index contributed by atoms with van der Waals surface area (Å²) in [5.74, 6) is 2.05. The number of H-pyrrole nitrogens is 1. The molecule has 0 bridgehead atoms. The molecule has 0 amide bonds. The average Bonchev–Trinajstić information content (AvgIpc) is 3.00. The number of hydrogen-bond acceptors (Lipinski definition) is 5. The minimum Gasteiger partial charge on any atom is -0.490 e. The third kappa shape index (κ3) is 3.65. The van der Waals surface area contributed by atoms with Crippen molar-refractivity contribution in [2.24, 2.45) is 5.10 Å². The van der Waals surface area contributed by atoms with Crippen molar-refractivity contribution in [3.05, 3.63) is 48.0 Å². The van der Waals surface area contributed by atoms with Crippen LogP contribution in [-0.4, -0.2) is 29.4 Å². The number of rotatable bonds is 7. The highest BCUT2D eigenvalue weighted by molar-refractivity contribution is 5.82. The van der Waals surface area contributed by atoms with E-state index in [-0.39, 0.29) is 0 Å². The van der Waals surface area contributed by atoms with Crippen molar-refractivity contribution in [3.8, 4) is 11.5 Å². The number of para-hydroxylation sites is 2. The van der Waals surface area contributed by atoms with E-state index in [1.54, 1.807) is 6.21 Å². The molecule has 0 atom stereocenters. The van der Waals surface area contributed by atoms with Gasteiger partial charge < -0.3 is 14.5 Å². The maximum absolute atomic E-state index is 5.61. The molecule has 6 nitrogen and oxygen atoms in total. The summed E-state index contributed by atoms with van der Waals surface area (Å²) >= 11 is 0. The number of benzene rings is 2. The summed E-state index contributed by atoms with van der Waals surface area (Å²) in [7, 11) is 0. The number of imidazole rings is 1. The summed E-state index contributed by atoms with van der Waals surface area (Å²) in [4.78, 5) is 7.56. The number of aromatic nitrogens is 2. The van der Waals surface area contributed by atoms with Crippen LogP contribution in [0.25, 0.3) is 11.0 Å². The lowest BCUT2D eigenvalue weighted by molar-refractivity contribution is 0.288. The molecule has 0 saturated carbocycles. The first kappa shape index (κ1) is 15.9. The first-order valence-corrected chi connectivity index (χ1v) is 7.93. The molecule has 3 aromatic rings. The Kier molecular flexibility index (Phi) is 4.96. The number of nitrogens with zero attached hydrogens (tertiary/aromatic N) is 2. The maximum Gasteiger partial charge on any atom is 0.222 e. The monoisotopic (exact) mass is 324 g/mol. The van der Waals surface area contributed by atoms with E-state index < -0.39 is 0 Å². The van der Waals surface area contributed by atoms with Gasteiger partial charge in [0.15, 0.2) is 11.5 Å². The zero-order valence-corrected chi connectivity index (χ0v) is 13.7. The van der Waals surface area contributed by atoms with Gasteiger partial charge in [-0.25, -0.2) is 10.4 Å². The molecule has 24 heavy (non-hydrogen) atoms. The molecule has 124 valence electrons. The fraction of sp³-hybridized carbons (Fsp3) is 0.222. The van der Waals surface area contributed by atoms with Gasteiger partial charge in [-0.05, 0) is 49.7 Å². The Labute approximate surface area is 140 Å². The molecule has 0 aliphatic carbocycles. The second-order valence-corrected chi connectivity index (χ2v) is 5.04. The van der Waals surface area contributed by atoms with Crippen molar-refractivity contribution in [1.29, 1.82) is 0 Å². The van der Waals surface area contributed by atoms with Crippen LogP contribution in [0.15, 0.2) is 47.6 Å². The number of anilines is 1. The third-order valence-corrected chi connectivity index (χ3v) is 3.34. The van der Waals surface area contributed by atoms with Gasteiger partial charge in [-0.2, -0.15) is 5.10 Å². The van der Waals surface area contributed by atoms with Gasteiger partial charge in [-0.1, -0.05) is 12.1 Å². The smallest absolute Gasteiger partial charge is 0.222 e. The van der Waals surface area contributed by atoms with E-state index in [4.69, 9.17) is 9.47 Å². The minimum absolute atomic E-state index is 0.581. The zero-order chi connectivity index (χ0) is 16.8. The van der Waals surface area contributed by atoms with E-state index in [1.807, 2.05) is 56.3 Å². The summed E-state index contributed by atoms with van der Waals surface area (Å²) in [6, 6.07) is 13.5. The predicted molar refractivity (Wildman–Crippen MR) is 96.1 cm³/mol. The molecule has 2 aromatic carbocycles. The first-order valence-electron chi connectivity index (χ1n) is 7.93. The van der Waals surface area contributed by atoms with Gasteiger partial charge in [0.1, 0.15) is 0 Å². The van der Waals surface area contributed by atoms with Crippen LogP contribution in [0.5, 0.6) is 11.5 Å². The van der Waals surface area contributed by atoms with E-state index in [0.29, 0.717) is 24.9 Å². The van der Waals surface area contributed by atoms with Crippen LogP contribution in [0.3, 0.4) is 0 Å². The van der Waals surface area contributed by atoms with Gasteiger partial charge in [0, 0.05) is 0 Å². The van der Waals surface area contributed by atoms with Crippen LogP contribution in [0.4, 0.5) is 5.95 Å². The van der Waals surface area contributed by atoms with Crippen LogP contribution >= 0.6 is 0 Å². The molecular weight excluding hydrogens is 304 g/mol. The summed E-state index contributed by atoms with van der Waals surface area (Å²) in [6.07, 6.45) is 1.71. The van der Waals surface area contributed by atoms with Crippen molar-refractivity contribution >= 4 is 23.2 Å². The SMILES string of the molecule is CCOc1ccc(/C=N\Nc2nc3ccccc3[nH]2)cc1OCC. The quantitative estimate of drug-likeness (QED) is 0.512. The van der Waals surface area contributed by atoms with Gasteiger partial charge in [-0.3, -0.25) is 0 Å². The van der Waals surface area contributed by atoms with E-state index in [1.165, 1.54) is 0 Å². The Bertz CT molecular complexity index is 809. The van der Waals surface area contributed by atoms with Gasteiger partial charge >= 0.3 is 0 Å². The maximum atomic E-state index is 5.61. The highest BCUT2D eigenvalue weighted by Gasteiger charge is 2.05. The molecule has 0 aliphatic heterocycles. The molecule has 0 saturated heterocycles. The van der Waals surface area contributed by atoms with E-state index in [2.05, 4.69) is 20.5 Å². The third-order valence-electron chi connectivity index (χ3n) is 3.34. The zero-order valence-electron chi connectivity index (χ0n) is 13.7. The lowest BCUT2D eigenvalue weighted by Gasteiger charge is -2.11. The van der Waals surface area contributed by atoms with E-state index in [9.17, 15) is 0 Å². The summed E-state index contributed by atoms with van der Waals surface area (Å²) in [5, 5.41) is 4.22. The van der Waals surface area contributed by atoms with Crippen molar-refractivity contribution in [2.45, 2.75) is 13.8 Å². The van der Waals surface area contributed by atoms with Crippen molar-refractivity contribution in [1.82, 2.24) is 9.97 Å². The average molecular weight is 324 g/mol. The minimum atomic E-state index is 0.581. The van der Waals surface area contributed by atoms with Gasteiger partial charge in [-0.15, -0.1) is 0 Å². The van der Waals surface area contributed by atoms with Crippen molar-refractivity contribution < 1.29 is 9.47 Å². The summed E-state index contributed by atoms with van der Waals surface area (Å²) < 4.78 is 11.2. The Hall–Kier alpha value is -3.02. The molecule has 2 N–H and O–H groups in total. The number of ether oxygens (including phenoxy) is 2. The predicted octanol–water partition coefficient (Wildman–Crippen LogP) is 3.81. The molecule has 0 spiro atoms. The first-order chi connectivity index (χ1) is 11.8. The van der Waals surface area contributed by atoms with E-state index >= 15 is 0 Å². The Balaban J connectivity index is 1.72. The van der Waals surface area contributed by atoms with Gasteiger partial charge in [0.05, 0.1) is 30.5 Å². The number of hydrazone groups is 1. The largest absolute Gasteiger partial charge is 0.490 e. The van der Waals surface area contributed by atoms with Crippen LogP contribution in [0, 0.1) is 0 Å². The summed E-state index contributed by atoms with van der Waals surface area (Å²) in [5.41, 5.74) is 5.68. The second kappa shape index (κ2) is 7.50. The molecule has 1 aromatic heterocycles. The normalized spacial score (nSPS) is 11.1. The Morgan fingerprint density at radius 1 is 1.08 bits per heavy atom. The van der Waals surface area contributed by atoms with Crippen LogP contribution in [0.2, 0.25) is 0 Å². The van der Waals surface area contributed by atoms with Gasteiger partial charge in [0.25, 0.3) is 0 Å². The highest BCUT2D eigenvalue weighted by Crippen LogP contribution is 2.28. The lowest BCUT2D eigenvalue weighted by Crippen LogP contribution is -1.99. The number of fused-ring (bicyclic) bond motifs is 1. The van der Waals surface area contributed by atoms with Gasteiger partial charge in [0.2, 0.25) is 5.95 Å². The Morgan fingerprint density at radius 3 is 2.67 bits per heavy atom. The fourth-order valence-corrected chi connectivity index (χ4v) is 2.32. The number of hydrogen-bond donors (Lipinski definition) is 2. The highest BCUT2D eigenvalue weighted by atomic mass is 16.5. The fourth-order valence-electron chi connectivity index (χ4n) is 2.32. The molecule has 0 radical (unpaired) electrons. The van der Waals surface area contributed by atoms with E-state index in [0.717, 1.165) is 22.3 Å². The topological polar surface area (TPSA) is 71.5 Å². The number of aromatic amines is 1. The lowest BCUT2D eigenvalue weighted by atomic mass is 10.2. The molecule has 3 rings (SSSR count). The molecule has 0 unspecified atom stereocenters. The standard InChI is InChI=1S/C18H20N4O2/c1-3-23-16-10-9-13(11-17(16)24-4-2)12-19-22-18-20-14-7-5-6-8-15(14)21-18/h5-12H,3-4H2,1-2H3,(H2,20,21,22)/b19-12-. The molecule has 0 aliphatic rings. The number of nitrogens with one attached hydrogen (secondary N) is 2. The van der Waals surface area contributed by atoms with Crippen LogP contribution in [-0.2, 0) is 0 Å². The van der Waals surface area contributed by atoms with Crippen LogP contribution < -0.4 is 14.9 Å². The van der Waals surface area contributed by atoms with Crippen molar-refractivity contribution in [2.75, 3.05) is 18.6 Å². The van der Waals surface area contributed by atoms with Crippen molar-refractivity contribution in [3.63, 3.8) is 0 Å².